The maximum Gasteiger partial charge on any atom is 0.225 e. The molecule has 3 heteroatoms. The normalized spacial score (nSPS) is 12.2. The molecule has 0 spiro atoms. The number of hydrogen-bond donors (Lipinski definition) is 1. The maximum atomic E-state index is 11.9. The van der Waals surface area contributed by atoms with Crippen LogP contribution in [-0.4, -0.2) is 38.0 Å². The van der Waals surface area contributed by atoms with Gasteiger partial charge in [0.2, 0.25) is 5.91 Å². The fourth-order valence-electron chi connectivity index (χ4n) is 1.95. The predicted molar refractivity (Wildman–Crippen MR) is 69.4 cm³/mol. The molecule has 0 aromatic rings. The molecule has 1 N–H and O–H groups in total. The first-order chi connectivity index (χ1) is 7.25. The van der Waals surface area contributed by atoms with Gasteiger partial charge in [-0.15, -0.1) is 0 Å². The van der Waals surface area contributed by atoms with Gasteiger partial charge in [-0.25, -0.2) is 0 Å². The molecule has 0 rings (SSSR count). The minimum absolute atomic E-state index is 0.181. The van der Waals surface area contributed by atoms with Crippen molar-refractivity contribution >= 4 is 5.91 Å². The van der Waals surface area contributed by atoms with Crippen LogP contribution in [0.5, 0.6) is 0 Å². The second-order valence-electron chi connectivity index (χ2n) is 5.89. The fourth-order valence-corrected chi connectivity index (χ4v) is 1.95. The Morgan fingerprint density at radius 2 is 1.88 bits per heavy atom. The van der Waals surface area contributed by atoms with Crippen molar-refractivity contribution in [3.05, 3.63) is 0 Å². The number of carbonyl (C=O) groups excluding carboxylic acids is 1. The highest BCUT2D eigenvalue weighted by atomic mass is 16.2. The molecule has 0 saturated heterocycles. The SMILES string of the molecule is CC(C)CC(C)(C)C(=O)NCCCN(C)C. The van der Waals surface area contributed by atoms with Crippen LogP contribution in [0, 0.1) is 11.3 Å². The quantitative estimate of drug-likeness (QED) is 0.677. The number of amides is 1. The van der Waals surface area contributed by atoms with E-state index in [1.165, 1.54) is 0 Å². The van der Waals surface area contributed by atoms with E-state index in [1.807, 2.05) is 27.9 Å². The molecule has 0 atom stereocenters. The molecule has 0 aromatic carbocycles. The molecule has 96 valence electrons. The molecule has 0 unspecified atom stereocenters. The highest BCUT2D eigenvalue weighted by Gasteiger charge is 2.27. The van der Waals surface area contributed by atoms with Crippen LogP contribution < -0.4 is 5.32 Å². The zero-order valence-electron chi connectivity index (χ0n) is 11.8. The van der Waals surface area contributed by atoms with Crippen molar-refractivity contribution in [2.24, 2.45) is 11.3 Å². The number of hydrogen-bond acceptors (Lipinski definition) is 2. The van der Waals surface area contributed by atoms with Crippen LogP contribution in [0.1, 0.15) is 40.5 Å². The summed E-state index contributed by atoms with van der Waals surface area (Å²) in [6.45, 7) is 10.1. The standard InChI is InChI=1S/C13H28N2O/c1-11(2)10-13(3,4)12(16)14-8-7-9-15(5)6/h11H,7-10H2,1-6H3,(H,14,16). The first-order valence-corrected chi connectivity index (χ1v) is 6.18. The summed E-state index contributed by atoms with van der Waals surface area (Å²) in [6, 6.07) is 0. The van der Waals surface area contributed by atoms with Gasteiger partial charge in [-0.3, -0.25) is 4.79 Å². The van der Waals surface area contributed by atoms with Crippen LogP contribution in [-0.2, 0) is 4.79 Å². The third-order valence-electron chi connectivity index (χ3n) is 2.60. The Hall–Kier alpha value is -0.570. The van der Waals surface area contributed by atoms with Gasteiger partial charge in [0.05, 0.1) is 0 Å². The zero-order valence-corrected chi connectivity index (χ0v) is 11.8. The van der Waals surface area contributed by atoms with Gasteiger partial charge in [0.15, 0.2) is 0 Å². The molecule has 0 heterocycles. The van der Waals surface area contributed by atoms with Gasteiger partial charge in [0.25, 0.3) is 0 Å². The largest absolute Gasteiger partial charge is 0.356 e. The molecule has 0 aliphatic rings. The summed E-state index contributed by atoms with van der Waals surface area (Å²) in [5.74, 6) is 0.738. The Morgan fingerprint density at radius 1 is 1.31 bits per heavy atom. The molecule has 0 radical (unpaired) electrons. The lowest BCUT2D eigenvalue weighted by molar-refractivity contribution is -0.130. The molecule has 1 amide bonds. The molecule has 0 aromatic heterocycles. The van der Waals surface area contributed by atoms with E-state index in [4.69, 9.17) is 0 Å². The minimum atomic E-state index is -0.244. The topological polar surface area (TPSA) is 32.3 Å². The summed E-state index contributed by atoms with van der Waals surface area (Å²) in [4.78, 5) is 14.1. The summed E-state index contributed by atoms with van der Waals surface area (Å²) in [7, 11) is 4.09. The molecule has 0 aliphatic heterocycles. The molecule has 3 nitrogen and oxygen atoms in total. The second kappa shape index (κ2) is 6.89. The molecule has 0 bridgehead atoms. The van der Waals surface area contributed by atoms with Crippen molar-refractivity contribution in [2.75, 3.05) is 27.2 Å². The summed E-state index contributed by atoms with van der Waals surface area (Å²) in [6.07, 6.45) is 1.95. The molecule has 16 heavy (non-hydrogen) atoms. The summed E-state index contributed by atoms with van der Waals surface area (Å²) < 4.78 is 0. The monoisotopic (exact) mass is 228 g/mol. The fraction of sp³-hybridized carbons (Fsp3) is 0.923. The van der Waals surface area contributed by atoms with Gasteiger partial charge in [0, 0.05) is 12.0 Å². The average Bonchev–Trinajstić information content (AvgIpc) is 2.09. The van der Waals surface area contributed by atoms with Gasteiger partial charge < -0.3 is 10.2 Å². The molecule has 0 fully saturated rings. The Labute approximate surface area is 101 Å². The van der Waals surface area contributed by atoms with E-state index >= 15 is 0 Å². The van der Waals surface area contributed by atoms with E-state index in [9.17, 15) is 4.79 Å². The van der Waals surface area contributed by atoms with E-state index < -0.39 is 0 Å². The number of nitrogens with one attached hydrogen (secondary N) is 1. The smallest absolute Gasteiger partial charge is 0.225 e. The Kier molecular flexibility index (Phi) is 6.65. The summed E-state index contributed by atoms with van der Waals surface area (Å²) >= 11 is 0. The lowest BCUT2D eigenvalue weighted by atomic mass is 9.83. The minimum Gasteiger partial charge on any atom is -0.356 e. The van der Waals surface area contributed by atoms with E-state index in [0.29, 0.717) is 5.92 Å². The summed E-state index contributed by atoms with van der Waals surface area (Å²) in [5.41, 5.74) is -0.244. The molecular formula is C13H28N2O. The maximum absolute atomic E-state index is 11.9. The van der Waals surface area contributed by atoms with E-state index in [-0.39, 0.29) is 11.3 Å². The van der Waals surface area contributed by atoms with Crippen molar-refractivity contribution < 1.29 is 4.79 Å². The van der Waals surface area contributed by atoms with Crippen molar-refractivity contribution in [1.29, 1.82) is 0 Å². The average molecular weight is 228 g/mol. The molecule has 0 aliphatic carbocycles. The third kappa shape index (κ3) is 6.83. The number of rotatable bonds is 7. The highest BCUT2D eigenvalue weighted by molar-refractivity contribution is 5.81. The van der Waals surface area contributed by atoms with Crippen molar-refractivity contribution in [2.45, 2.75) is 40.5 Å². The van der Waals surface area contributed by atoms with Crippen LogP contribution in [0.4, 0.5) is 0 Å². The van der Waals surface area contributed by atoms with Crippen LogP contribution >= 0.6 is 0 Å². The summed E-state index contributed by atoms with van der Waals surface area (Å²) in [5, 5.41) is 3.02. The predicted octanol–water partition coefficient (Wildman–Crippen LogP) is 2.13. The van der Waals surface area contributed by atoms with Gasteiger partial charge in [-0.1, -0.05) is 27.7 Å². The van der Waals surface area contributed by atoms with Crippen LogP contribution in [0.25, 0.3) is 0 Å². The van der Waals surface area contributed by atoms with Gasteiger partial charge in [-0.2, -0.15) is 0 Å². The van der Waals surface area contributed by atoms with Gasteiger partial charge in [0.1, 0.15) is 0 Å². The zero-order chi connectivity index (χ0) is 12.8. The lowest BCUT2D eigenvalue weighted by Gasteiger charge is -2.25. The van der Waals surface area contributed by atoms with E-state index in [0.717, 1.165) is 25.9 Å². The lowest BCUT2D eigenvalue weighted by Crippen LogP contribution is -2.38. The number of nitrogens with zero attached hydrogens (tertiary/aromatic N) is 1. The molecular weight excluding hydrogens is 200 g/mol. The van der Waals surface area contributed by atoms with Crippen molar-refractivity contribution in [1.82, 2.24) is 10.2 Å². The van der Waals surface area contributed by atoms with E-state index in [2.05, 4.69) is 24.1 Å². The first kappa shape index (κ1) is 15.4. The highest BCUT2D eigenvalue weighted by Crippen LogP contribution is 2.25. The number of carbonyl (C=O) groups is 1. The van der Waals surface area contributed by atoms with E-state index in [1.54, 1.807) is 0 Å². The van der Waals surface area contributed by atoms with Gasteiger partial charge in [-0.05, 0) is 39.4 Å². The Balaban J connectivity index is 3.87. The van der Waals surface area contributed by atoms with Crippen LogP contribution in [0.3, 0.4) is 0 Å². The van der Waals surface area contributed by atoms with Crippen LogP contribution in [0.15, 0.2) is 0 Å². The first-order valence-electron chi connectivity index (χ1n) is 6.18. The third-order valence-corrected chi connectivity index (χ3v) is 2.60. The van der Waals surface area contributed by atoms with Crippen LogP contribution in [0.2, 0.25) is 0 Å². The van der Waals surface area contributed by atoms with Crippen molar-refractivity contribution in [3.63, 3.8) is 0 Å². The molecule has 0 saturated carbocycles. The van der Waals surface area contributed by atoms with Gasteiger partial charge >= 0.3 is 0 Å². The van der Waals surface area contributed by atoms with Crippen molar-refractivity contribution in [3.8, 4) is 0 Å². The second-order valence-corrected chi connectivity index (χ2v) is 5.89. The Bertz CT molecular complexity index is 210. The Morgan fingerprint density at radius 3 is 2.31 bits per heavy atom.